The topological polar surface area (TPSA) is 44.7 Å². The maximum absolute atomic E-state index is 13.8. The molecule has 4 nitrogen and oxygen atoms in total. The van der Waals surface area contributed by atoms with E-state index in [1.54, 1.807) is 6.07 Å². The van der Waals surface area contributed by atoms with Crippen LogP contribution in [0.15, 0.2) is 41.5 Å². The summed E-state index contributed by atoms with van der Waals surface area (Å²) < 4.78 is 14.5. The zero-order chi connectivity index (χ0) is 18.5. The number of hydrazone groups is 1. The van der Waals surface area contributed by atoms with Gasteiger partial charge in [-0.05, 0) is 51.1 Å². The summed E-state index contributed by atoms with van der Waals surface area (Å²) in [5.74, 6) is -0.293. The van der Waals surface area contributed by atoms with Crippen molar-refractivity contribution in [1.82, 2.24) is 10.3 Å². The van der Waals surface area contributed by atoms with Gasteiger partial charge in [-0.15, -0.1) is 11.3 Å². The number of carbonyl (C=O) groups excluding carboxylic acids is 1. The van der Waals surface area contributed by atoms with Crippen LogP contribution >= 0.6 is 22.9 Å². The molecule has 2 aromatic rings. The van der Waals surface area contributed by atoms with E-state index in [0.29, 0.717) is 16.4 Å². The molecule has 0 bridgehead atoms. The lowest BCUT2D eigenvalue weighted by molar-refractivity contribution is -0.126. The van der Waals surface area contributed by atoms with Crippen LogP contribution in [0.2, 0.25) is 4.34 Å². The molecule has 0 unspecified atom stereocenters. The highest BCUT2D eigenvalue weighted by atomic mass is 35.5. The van der Waals surface area contributed by atoms with E-state index < -0.39 is 0 Å². The first-order valence-corrected chi connectivity index (χ1v) is 9.78. The van der Waals surface area contributed by atoms with Gasteiger partial charge in [0.2, 0.25) is 5.91 Å². The lowest BCUT2D eigenvalue weighted by Gasteiger charge is -2.31. The van der Waals surface area contributed by atoms with Crippen molar-refractivity contribution < 1.29 is 9.18 Å². The lowest BCUT2D eigenvalue weighted by Crippen LogP contribution is -2.39. The third kappa shape index (κ3) is 4.90. The molecule has 0 atom stereocenters. The largest absolute Gasteiger partial charge is 0.299 e. The summed E-state index contributed by atoms with van der Waals surface area (Å²) in [6.45, 7) is 3.97. The van der Waals surface area contributed by atoms with Crippen molar-refractivity contribution in [2.45, 2.75) is 26.3 Å². The zero-order valence-electron chi connectivity index (χ0n) is 14.5. The molecule has 0 saturated carbocycles. The van der Waals surface area contributed by atoms with E-state index in [1.165, 1.54) is 17.4 Å². The van der Waals surface area contributed by atoms with Gasteiger partial charge in [0.25, 0.3) is 0 Å². The predicted molar refractivity (Wildman–Crippen MR) is 104 cm³/mol. The summed E-state index contributed by atoms with van der Waals surface area (Å²) in [5, 5.41) is 4.19. The van der Waals surface area contributed by atoms with E-state index >= 15 is 0 Å². The summed E-state index contributed by atoms with van der Waals surface area (Å²) in [6.07, 6.45) is 1.50. The summed E-state index contributed by atoms with van der Waals surface area (Å²) in [6, 6.07) is 10.5. The SMILES string of the molecule is CC(=NNC(=O)C1CCN(Cc2ccccc2F)CC1)c1ccc(Cl)s1. The Bertz CT molecular complexity index is 800. The van der Waals surface area contributed by atoms with Crippen molar-refractivity contribution in [1.29, 1.82) is 0 Å². The molecule has 1 aromatic heterocycles. The Hall–Kier alpha value is -1.76. The summed E-state index contributed by atoms with van der Waals surface area (Å²) in [4.78, 5) is 15.5. The van der Waals surface area contributed by atoms with Gasteiger partial charge in [0.1, 0.15) is 5.82 Å². The second kappa shape index (κ2) is 8.75. The Kier molecular flexibility index (Phi) is 6.40. The van der Waals surface area contributed by atoms with E-state index in [0.717, 1.165) is 36.5 Å². The number of carbonyl (C=O) groups is 1. The van der Waals surface area contributed by atoms with E-state index in [9.17, 15) is 9.18 Å². The van der Waals surface area contributed by atoms with Gasteiger partial charge >= 0.3 is 0 Å². The van der Waals surface area contributed by atoms with Gasteiger partial charge < -0.3 is 0 Å². The number of amides is 1. The fraction of sp³-hybridized carbons (Fsp3) is 0.368. The van der Waals surface area contributed by atoms with Crippen LogP contribution in [-0.2, 0) is 11.3 Å². The second-order valence-electron chi connectivity index (χ2n) is 6.42. The minimum Gasteiger partial charge on any atom is -0.299 e. The van der Waals surface area contributed by atoms with Crippen LogP contribution in [0.1, 0.15) is 30.2 Å². The highest BCUT2D eigenvalue weighted by molar-refractivity contribution is 7.18. The average molecular weight is 394 g/mol. The maximum Gasteiger partial charge on any atom is 0.243 e. The first-order valence-electron chi connectivity index (χ1n) is 8.58. The van der Waals surface area contributed by atoms with Gasteiger partial charge in [0, 0.05) is 18.0 Å². The molecule has 3 rings (SSSR count). The number of nitrogens with zero attached hydrogens (tertiary/aromatic N) is 2. The maximum atomic E-state index is 13.8. The highest BCUT2D eigenvalue weighted by Gasteiger charge is 2.25. The number of thiophene rings is 1. The van der Waals surface area contributed by atoms with Crippen LogP contribution in [-0.4, -0.2) is 29.6 Å². The third-order valence-electron chi connectivity index (χ3n) is 4.57. The monoisotopic (exact) mass is 393 g/mol. The van der Waals surface area contributed by atoms with Gasteiger partial charge in [-0.2, -0.15) is 5.10 Å². The Morgan fingerprint density at radius 3 is 2.69 bits per heavy atom. The average Bonchev–Trinajstić information content (AvgIpc) is 3.08. The van der Waals surface area contributed by atoms with Crippen LogP contribution in [0.4, 0.5) is 4.39 Å². The molecule has 1 aliphatic heterocycles. The van der Waals surface area contributed by atoms with Crippen LogP contribution in [0.3, 0.4) is 0 Å². The van der Waals surface area contributed by atoms with Crippen LogP contribution in [0.25, 0.3) is 0 Å². The summed E-state index contributed by atoms with van der Waals surface area (Å²) in [5.41, 5.74) is 4.11. The number of likely N-dealkylation sites (tertiary alicyclic amines) is 1. The number of piperidine rings is 1. The van der Waals surface area contributed by atoms with E-state index in [-0.39, 0.29) is 17.6 Å². The molecule has 0 aliphatic carbocycles. The number of nitrogens with one attached hydrogen (secondary N) is 1. The predicted octanol–water partition coefficient (Wildman–Crippen LogP) is 4.29. The third-order valence-corrected chi connectivity index (χ3v) is 5.91. The van der Waals surface area contributed by atoms with E-state index in [2.05, 4.69) is 15.4 Å². The molecule has 1 fully saturated rings. The first kappa shape index (κ1) is 19.0. The molecule has 26 heavy (non-hydrogen) atoms. The number of halogens is 2. The molecule has 7 heteroatoms. The van der Waals surface area contributed by atoms with Crippen molar-refractivity contribution in [3.05, 3.63) is 57.0 Å². The van der Waals surface area contributed by atoms with Gasteiger partial charge in [0.15, 0.2) is 0 Å². The second-order valence-corrected chi connectivity index (χ2v) is 8.13. The Balaban J connectivity index is 1.48. The first-order chi connectivity index (χ1) is 12.5. The van der Waals surface area contributed by atoms with Gasteiger partial charge in [-0.1, -0.05) is 29.8 Å². The Morgan fingerprint density at radius 2 is 2.04 bits per heavy atom. The Labute approximate surface area is 161 Å². The van der Waals surface area contributed by atoms with Gasteiger partial charge in [0.05, 0.1) is 14.9 Å². The minimum absolute atomic E-state index is 0.0578. The van der Waals surface area contributed by atoms with Gasteiger partial charge in [-0.25, -0.2) is 9.82 Å². The van der Waals surface area contributed by atoms with Crippen molar-refractivity contribution in [2.75, 3.05) is 13.1 Å². The van der Waals surface area contributed by atoms with Crippen LogP contribution < -0.4 is 5.43 Å². The molecule has 0 radical (unpaired) electrons. The standard InChI is InChI=1S/C19H21ClFN3OS/c1-13(17-6-7-18(20)26-17)22-23-19(25)14-8-10-24(11-9-14)12-15-4-2-3-5-16(15)21/h2-7,14H,8-12H2,1H3,(H,23,25). The zero-order valence-corrected chi connectivity index (χ0v) is 16.1. The number of rotatable bonds is 5. The fourth-order valence-corrected chi connectivity index (χ4v) is 4.00. The number of hydrogen-bond donors (Lipinski definition) is 1. The molecule has 1 N–H and O–H groups in total. The fourth-order valence-electron chi connectivity index (χ4n) is 3.01. The molecule has 2 heterocycles. The molecular weight excluding hydrogens is 373 g/mol. The van der Waals surface area contributed by atoms with Crippen LogP contribution in [0.5, 0.6) is 0 Å². The highest BCUT2D eigenvalue weighted by Crippen LogP contribution is 2.22. The Morgan fingerprint density at radius 1 is 1.31 bits per heavy atom. The summed E-state index contributed by atoms with van der Waals surface area (Å²) >= 11 is 7.35. The molecule has 1 amide bonds. The molecule has 0 spiro atoms. The normalized spacial score (nSPS) is 16.7. The van der Waals surface area contributed by atoms with Gasteiger partial charge in [-0.3, -0.25) is 9.69 Å². The molecule has 1 aromatic carbocycles. The number of hydrogen-bond acceptors (Lipinski definition) is 4. The van der Waals surface area contributed by atoms with E-state index in [1.807, 2.05) is 31.2 Å². The van der Waals surface area contributed by atoms with Crippen LogP contribution in [0, 0.1) is 11.7 Å². The summed E-state index contributed by atoms with van der Waals surface area (Å²) in [7, 11) is 0. The number of benzene rings is 1. The molecule has 1 saturated heterocycles. The quantitative estimate of drug-likeness (QED) is 0.608. The lowest BCUT2D eigenvalue weighted by atomic mass is 9.96. The molecule has 138 valence electrons. The van der Waals surface area contributed by atoms with Crippen molar-refractivity contribution in [2.24, 2.45) is 11.0 Å². The van der Waals surface area contributed by atoms with Crippen molar-refractivity contribution in [3.8, 4) is 0 Å². The minimum atomic E-state index is -0.175. The van der Waals surface area contributed by atoms with E-state index in [4.69, 9.17) is 11.6 Å². The smallest absolute Gasteiger partial charge is 0.243 e. The van der Waals surface area contributed by atoms with Crippen molar-refractivity contribution in [3.63, 3.8) is 0 Å². The van der Waals surface area contributed by atoms with Crippen molar-refractivity contribution >= 4 is 34.6 Å². The molecule has 1 aliphatic rings. The molecular formula is C19H21ClFN3OS.